The van der Waals surface area contributed by atoms with Gasteiger partial charge in [0.25, 0.3) is 0 Å². The van der Waals surface area contributed by atoms with Crippen LogP contribution in [-0.4, -0.2) is 23.7 Å². The normalized spacial score (nSPS) is 8.50. The average molecular weight is 214 g/mol. The molecular formula is C6H13Cl2N3O. The lowest BCUT2D eigenvalue weighted by molar-refractivity contribution is 0.387. The van der Waals surface area contributed by atoms with Gasteiger partial charge in [-0.15, -0.1) is 24.8 Å². The van der Waals surface area contributed by atoms with E-state index >= 15 is 0 Å². The highest BCUT2D eigenvalue weighted by molar-refractivity contribution is 5.85. The fourth-order valence-corrected chi connectivity index (χ4v) is 0.680. The summed E-state index contributed by atoms with van der Waals surface area (Å²) >= 11 is 0. The van der Waals surface area contributed by atoms with E-state index in [4.69, 9.17) is 4.52 Å². The molecule has 0 spiro atoms. The maximum Gasteiger partial charge on any atom is 0.223 e. The zero-order chi connectivity index (χ0) is 7.40. The Labute approximate surface area is 83.9 Å². The van der Waals surface area contributed by atoms with Gasteiger partial charge in [0.15, 0.2) is 5.82 Å². The van der Waals surface area contributed by atoms with E-state index in [1.165, 1.54) is 0 Å². The highest BCUT2D eigenvalue weighted by Gasteiger charge is 1.98. The first-order valence-electron chi connectivity index (χ1n) is 3.26. The van der Waals surface area contributed by atoms with Crippen molar-refractivity contribution in [1.29, 1.82) is 0 Å². The zero-order valence-corrected chi connectivity index (χ0v) is 8.67. The first-order valence-corrected chi connectivity index (χ1v) is 3.26. The van der Waals surface area contributed by atoms with E-state index in [1.807, 2.05) is 7.05 Å². The molecule has 0 aromatic carbocycles. The molecule has 0 unspecified atom stereocenters. The highest BCUT2D eigenvalue weighted by atomic mass is 35.5. The molecule has 72 valence electrons. The van der Waals surface area contributed by atoms with Gasteiger partial charge < -0.3 is 9.84 Å². The van der Waals surface area contributed by atoms with E-state index in [-0.39, 0.29) is 24.8 Å². The summed E-state index contributed by atoms with van der Waals surface area (Å²) < 4.78 is 4.77. The Morgan fingerprint density at radius 2 is 2.08 bits per heavy atom. The van der Waals surface area contributed by atoms with Gasteiger partial charge in [0.2, 0.25) is 5.89 Å². The third-order valence-electron chi connectivity index (χ3n) is 1.17. The highest BCUT2D eigenvalue weighted by Crippen LogP contribution is 1.93. The Bertz CT molecular complexity index is 204. The molecule has 0 atom stereocenters. The summed E-state index contributed by atoms with van der Waals surface area (Å²) in [7, 11) is 1.90. The van der Waals surface area contributed by atoms with Crippen molar-refractivity contribution >= 4 is 24.8 Å². The minimum absolute atomic E-state index is 0. The second-order valence-corrected chi connectivity index (χ2v) is 2.08. The first-order chi connectivity index (χ1) is 4.83. The predicted octanol–water partition coefficient (Wildman–Crippen LogP) is 0.984. The summed E-state index contributed by atoms with van der Waals surface area (Å²) in [5.74, 6) is 1.40. The number of rotatable bonds is 3. The lowest BCUT2D eigenvalue weighted by Crippen LogP contribution is -2.10. The molecule has 4 nitrogen and oxygen atoms in total. The van der Waals surface area contributed by atoms with Gasteiger partial charge in [-0.1, -0.05) is 5.16 Å². The monoisotopic (exact) mass is 213 g/mol. The van der Waals surface area contributed by atoms with Crippen molar-refractivity contribution in [3.63, 3.8) is 0 Å². The molecule has 6 heteroatoms. The number of hydrogen-bond donors (Lipinski definition) is 1. The SMILES string of the molecule is CNCCc1noc(C)n1.Cl.Cl. The first kappa shape index (κ1) is 14.2. The second-order valence-electron chi connectivity index (χ2n) is 2.08. The molecular weight excluding hydrogens is 201 g/mol. The number of likely N-dealkylation sites (N-methyl/N-ethyl adjacent to an activating group) is 1. The number of halogens is 2. The van der Waals surface area contributed by atoms with E-state index in [9.17, 15) is 0 Å². The molecule has 0 radical (unpaired) electrons. The summed E-state index contributed by atoms with van der Waals surface area (Å²) in [5, 5.41) is 6.73. The quantitative estimate of drug-likeness (QED) is 0.814. The van der Waals surface area contributed by atoms with Gasteiger partial charge in [0.05, 0.1) is 0 Å². The molecule has 1 N–H and O–H groups in total. The van der Waals surface area contributed by atoms with Gasteiger partial charge in [0.1, 0.15) is 0 Å². The van der Waals surface area contributed by atoms with Crippen LogP contribution in [0.2, 0.25) is 0 Å². The lowest BCUT2D eigenvalue weighted by atomic mass is 10.4. The minimum Gasteiger partial charge on any atom is -0.340 e. The minimum atomic E-state index is 0. The topological polar surface area (TPSA) is 51.0 Å². The van der Waals surface area contributed by atoms with E-state index in [0.717, 1.165) is 18.8 Å². The van der Waals surface area contributed by atoms with E-state index in [2.05, 4.69) is 15.5 Å². The molecule has 1 aromatic rings. The smallest absolute Gasteiger partial charge is 0.223 e. The zero-order valence-electron chi connectivity index (χ0n) is 7.03. The van der Waals surface area contributed by atoms with E-state index < -0.39 is 0 Å². The van der Waals surface area contributed by atoms with Crippen LogP contribution < -0.4 is 5.32 Å². The standard InChI is InChI=1S/C6H11N3O.2ClH/c1-5-8-6(9-10-5)3-4-7-2;;/h7H,3-4H2,1-2H3;2*1H. The van der Waals surface area contributed by atoms with Crippen molar-refractivity contribution in [2.45, 2.75) is 13.3 Å². The summed E-state index contributed by atoms with van der Waals surface area (Å²) in [6, 6.07) is 0. The fourth-order valence-electron chi connectivity index (χ4n) is 0.680. The number of nitrogens with zero attached hydrogens (tertiary/aromatic N) is 2. The van der Waals surface area contributed by atoms with E-state index in [0.29, 0.717) is 5.89 Å². The lowest BCUT2D eigenvalue weighted by Gasteiger charge is -1.89. The third kappa shape index (κ3) is 4.54. The van der Waals surface area contributed by atoms with Crippen LogP contribution >= 0.6 is 24.8 Å². The van der Waals surface area contributed by atoms with Gasteiger partial charge in [-0.2, -0.15) is 4.98 Å². The van der Waals surface area contributed by atoms with Crippen LogP contribution in [0.5, 0.6) is 0 Å². The van der Waals surface area contributed by atoms with Crippen molar-refractivity contribution in [3.8, 4) is 0 Å². The average Bonchev–Trinajstić information content (AvgIpc) is 2.31. The Balaban J connectivity index is 0. The van der Waals surface area contributed by atoms with Crippen LogP contribution in [0.4, 0.5) is 0 Å². The molecule has 0 saturated carbocycles. The van der Waals surface area contributed by atoms with E-state index in [1.54, 1.807) is 6.92 Å². The summed E-state index contributed by atoms with van der Waals surface area (Å²) in [5.41, 5.74) is 0. The molecule has 0 aliphatic heterocycles. The van der Waals surface area contributed by atoms with Crippen LogP contribution in [0.15, 0.2) is 4.52 Å². The molecule has 1 aromatic heterocycles. The Hall–Kier alpha value is -0.320. The largest absolute Gasteiger partial charge is 0.340 e. The molecule has 0 bridgehead atoms. The Morgan fingerprint density at radius 1 is 1.42 bits per heavy atom. The maximum atomic E-state index is 4.77. The maximum absolute atomic E-state index is 4.77. The molecule has 1 rings (SSSR count). The summed E-state index contributed by atoms with van der Waals surface area (Å²) in [6.45, 7) is 2.68. The number of aryl methyl sites for hydroxylation is 1. The van der Waals surface area contributed by atoms with Gasteiger partial charge in [-0.25, -0.2) is 0 Å². The van der Waals surface area contributed by atoms with Crippen molar-refractivity contribution in [2.24, 2.45) is 0 Å². The van der Waals surface area contributed by atoms with Crippen molar-refractivity contribution in [2.75, 3.05) is 13.6 Å². The summed E-state index contributed by atoms with van der Waals surface area (Å²) in [6.07, 6.45) is 0.827. The third-order valence-corrected chi connectivity index (χ3v) is 1.17. The Morgan fingerprint density at radius 3 is 2.50 bits per heavy atom. The molecule has 0 aliphatic rings. The van der Waals surface area contributed by atoms with Gasteiger partial charge in [-0.3, -0.25) is 0 Å². The molecule has 0 aliphatic carbocycles. The number of hydrogen-bond acceptors (Lipinski definition) is 4. The summed E-state index contributed by atoms with van der Waals surface area (Å²) in [4.78, 5) is 4.03. The van der Waals surface area contributed by atoms with Crippen LogP contribution in [0.1, 0.15) is 11.7 Å². The van der Waals surface area contributed by atoms with Crippen LogP contribution in [0.25, 0.3) is 0 Å². The van der Waals surface area contributed by atoms with Crippen molar-refractivity contribution in [1.82, 2.24) is 15.5 Å². The molecule has 0 amide bonds. The van der Waals surface area contributed by atoms with Crippen molar-refractivity contribution < 1.29 is 4.52 Å². The Kier molecular flexibility index (Phi) is 8.69. The number of nitrogens with one attached hydrogen (secondary N) is 1. The number of aromatic nitrogens is 2. The molecule has 1 heterocycles. The van der Waals surface area contributed by atoms with Crippen molar-refractivity contribution in [3.05, 3.63) is 11.7 Å². The van der Waals surface area contributed by atoms with Gasteiger partial charge in [-0.05, 0) is 7.05 Å². The molecule has 0 fully saturated rings. The van der Waals surface area contributed by atoms with Gasteiger partial charge >= 0.3 is 0 Å². The molecule has 0 saturated heterocycles. The fraction of sp³-hybridized carbons (Fsp3) is 0.667. The molecule has 12 heavy (non-hydrogen) atoms. The van der Waals surface area contributed by atoms with Gasteiger partial charge in [0, 0.05) is 19.9 Å². The van der Waals surface area contributed by atoms with Crippen LogP contribution in [-0.2, 0) is 6.42 Å². The van der Waals surface area contributed by atoms with Crippen LogP contribution in [0, 0.1) is 6.92 Å². The second kappa shape index (κ2) is 7.34. The predicted molar refractivity (Wildman–Crippen MR) is 51.2 cm³/mol. The van der Waals surface area contributed by atoms with Crippen LogP contribution in [0.3, 0.4) is 0 Å².